The molecule has 7 heteroatoms. The Balaban J connectivity index is 1.75. The van der Waals surface area contributed by atoms with Gasteiger partial charge in [-0.25, -0.2) is 8.42 Å². The van der Waals surface area contributed by atoms with Crippen molar-refractivity contribution in [3.05, 3.63) is 0 Å². The molecule has 2 rings (SSSR count). The summed E-state index contributed by atoms with van der Waals surface area (Å²) in [6.07, 6.45) is 4.73. The number of hydrogen-bond donors (Lipinski definition) is 3. The monoisotopic (exact) mass is 304 g/mol. The normalized spacial score (nSPS) is 28.8. The van der Waals surface area contributed by atoms with Crippen molar-refractivity contribution in [1.29, 1.82) is 0 Å². The van der Waals surface area contributed by atoms with E-state index in [1.807, 2.05) is 0 Å². The molecule has 1 atom stereocenters. The van der Waals surface area contributed by atoms with Crippen LogP contribution in [0.5, 0.6) is 0 Å². The van der Waals surface area contributed by atoms with Gasteiger partial charge in [-0.05, 0) is 12.8 Å². The van der Waals surface area contributed by atoms with Crippen molar-refractivity contribution in [2.24, 2.45) is 0 Å². The Morgan fingerprint density at radius 2 is 2.00 bits per heavy atom. The van der Waals surface area contributed by atoms with Crippen LogP contribution in [0.4, 0.5) is 0 Å². The summed E-state index contributed by atoms with van der Waals surface area (Å²) in [6, 6.07) is -0.310. The molecule has 1 heterocycles. The summed E-state index contributed by atoms with van der Waals surface area (Å²) in [6.45, 7) is 0.676. The van der Waals surface area contributed by atoms with Gasteiger partial charge in [0.05, 0.1) is 17.1 Å². The molecule has 1 aliphatic carbocycles. The van der Waals surface area contributed by atoms with Gasteiger partial charge in [0.1, 0.15) is 0 Å². The number of sulfone groups is 1. The second-order valence-electron chi connectivity index (χ2n) is 6.03. The van der Waals surface area contributed by atoms with E-state index in [0.29, 0.717) is 6.54 Å². The van der Waals surface area contributed by atoms with E-state index < -0.39 is 15.4 Å². The minimum atomic E-state index is -3.02. The van der Waals surface area contributed by atoms with Crippen LogP contribution in [0.25, 0.3) is 0 Å². The van der Waals surface area contributed by atoms with Crippen LogP contribution in [0.3, 0.4) is 0 Å². The zero-order chi connectivity index (χ0) is 14.6. The van der Waals surface area contributed by atoms with Crippen LogP contribution < -0.4 is 10.6 Å². The van der Waals surface area contributed by atoms with E-state index in [1.165, 1.54) is 0 Å². The molecule has 0 aromatic rings. The number of rotatable bonds is 4. The topological polar surface area (TPSA) is 95.5 Å². The third-order valence-electron chi connectivity index (χ3n) is 4.13. The SMILES string of the molecule is O=C(CC1CS(=O)(=O)CCN1)NCC1(O)CCCCC1. The lowest BCUT2D eigenvalue weighted by atomic mass is 9.85. The number of carbonyl (C=O) groups is 1. The number of aliphatic hydroxyl groups is 1. The zero-order valence-corrected chi connectivity index (χ0v) is 12.5. The van der Waals surface area contributed by atoms with Crippen molar-refractivity contribution in [3.8, 4) is 0 Å². The lowest BCUT2D eigenvalue weighted by Gasteiger charge is -2.32. The van der Waals surface area contributed by atoms with Crippen LogP contribution in [0.1, 0.15) is 38.5 Å². The molecule has 20 heavy (non-hydrogen) atoms. The van der Waals surface area contributed by atoms with Gasteiger partial charge in [-0.15, -0.1) is 0 Å². The molecule has 1 amide bonds. The average Bonchev–Trinajstić information content (AvgIpc) is 2.36. The summed E-state index contributed by atoms with van der Waals surface area (Å²) in [5, 5.41) is 16.1. The van der Waals surface area contributed by atoms with Crippen LogP contribution in [0.15, 0.2) is 0 Å². The van der Waals surface area contributed by atoms with Crippen molar-refractivity contribution >= 4 is 15.7 Å². The summed E-state index contributed by atoms with van der Waals surface area (Å²) < 4.78 is 23.0. The maximum Gasteiger partial charge on any atom is 0.221 e. The Morgan fingerprint density at radius 1 is 1.30 bits per heavy atom. The highest BCUT2D eigenvalue weighted by atomic mass is 32.2. The lowest BCUT2D eigenvalue weighted by molar-refractivity contribution is -0.123. The van der Waals surface area contributed by atoms with Crippen molar-refractivity contribution in [1.82, 2.24) is 10.6 Å². The molecule has 0 aromatic carbocycles. The molecule has 1 unspecified atom stereocenters. The molecule has 0 radical (unpaired) electrons. The van der Waals surface area contributed by atoms with Crippen molar-refractivity contribution in [2.45, 2.75) is 50.2 Å². The first kappa shape index (κ1) is 15.7. The molecule has 0 aromatic heterocycles. The van der Waals surface area contributed by atoms with E-state index in [4.69, 9.17) is 0 Å². The number of carbonyl (C=O) groups excluding carboxylic acids is 1. The highest BCUT2D eigenvalue weighted by Gasteiger charge is 2.30. The Kier molecular flexibility index (Phi) is 5.04. The molecule has 2 fully saturated rings. The van der Waals surface area contributed by atoms with Gasteiger partial charge in [0.2, 0.25) is 5.91 Å². The van der Waals surface area contributed by atoms with Crippen molar-refractivity contribution in [2.75, 3.05) is 24.6 Å². The first-order chi connectivity index (χ1) is 9.39. The van der Waals surface area contributed by atoms with E-state index in [2.05, 4.69) is 10.6 Å². The molecule has 2 aliphatic rings. The molecule has 1 aliphatic heterocycles. The van der Waals surface area contributed by atoms with Crippen molar-refractivity contribution < 1.29 is 18.3 Å². The smallest absolute Gasteiger partial charge is 0.221 e. The first-order valence-electron chi connectivity index (χ1n) is 7.31. The molecule has 6 nitrogen and oxygen atoms in total. The Morgan fingerprint density at radius 3 is 2.65 bits per heavy atom. The Bertz CT molecular complexity index is 443. The Hall–Kier alpha value is -0.660. The predicted octanol–water partition coefficient (Wildman–Crippen LogP) is -0.425. The standard InChI is InChI=1S/C13H24N2O4S/c16-12(8-11-9-20(18,19)7-6-14-11)15-10-13(17)4-2-1-3-5-13/h11,14,17H,1-10H2,(H,15,16). The second-order valence-corrected chi connectivity index (χ2v) is 8.26. The molecule has 0 bridgehead atoms. The zero-order valence-electron chi connectivity index (χ0n) is 11.7. The van der Waals surface area contributed by atoms with Crippen LogP contribution >= 0.6 is 0 Å². The number of hydrogen-bond acceptors (Lipinski definition) is 5. The first-order valence-corrected chi connectivity index (χ1v) is 9.14. The maximum atomic E-state index is 11.9. The van der Waals surface area contributed by atoms with Gasteiger partial charge in [0.15, 0.2) is 9.84 Å². The minimum Gasteiger partial charge on any atom is -0.388 e. The summed E-state index contributed by atoms with van der Waals surface area (Å²) in [5.74, 6) is -0.0335. The minimum absolute atomic E-state index is 0.0185. The van der Waals surface area contributed by atoms with Gasteiger partial charge in [-0.1, -0.05) is 19.3 Å². The van der Waals surface area contributed by atoms with E-state index in [-0.39, 0.29) is 36.4 Å². The van der Waals surface area contributed by atoms with Gasteiger partial charge >= 0.3 is 0 Å². The largest absolute Gasteiger partial charge is 0.388 e. The summed E-state index contributed by atoms with van der Waals surface area (Å²) >= 11 is 0. The van der Waals surface area contributed by atoms with Crippen molar-refractivity contribution in [3.63, 3.8) is 0 Å². The van der Waals surface area contributed by atoms with E-state index in [9.17, 15) is 18.3 Å². The summed E-state index contributed by atoms with van der Waals surface area (Å²) in [7, 11) is -3.02. The Labute approximate surface area is 120 Å². The van der Waals surface area contributed by atoms with Gasteiger partial charge in [-0.3, -0.25) is 4.79 Å². The highest BCUT2D eigenvalue weighted by Crippen LogP contribution is 2.27. The molecule has 0 spiro atoms. The third kappa shape index (κ3) is 4.71. The van der Waals surface area contributed by atoms with Gasteiger partial charge in [0, 0.05) is 25.6 Å². The molecular formula is C13H24N2O4S. The van der Waals surface area contributed by atoms with Gasteiger partial charge in [0.25, 0.3) is 0 Å². The fourth-order valence-electron chi connectivity index (χ4n) is 2.94. The molecule has 116 valence electrons. The average molecular weight is 304 g/mol. The molecule has 3 N–H and O–H groups in total. The lowest BCUT2D eigenvalue weighted by Crippen LogP contribution is -2.49. The fourth-order valence-corrected chi connectivity index (χ4v) is 4.39. The molecular weight excluding hydrogens is 280 g/mol. The quantitative estimate of drug-likeness (QED) is 0.655. The summed E-state index contributed by atoms with van der Waals surface area (Å²) in [4.78, 5) is 11.9. The fraction of sp³-hybridized carbons (Fsp3) is 0.923. The third-order valence-corrected chi connectivity index (χ3v) is 5.87. The summed E-state index contributed by atoms with van der Waals surface area (Å²) in [5.41, 5.74) is -0.778. The predicted molar refractivity (Wildman–Crippen MR) is 76.1 cm³/mol. The van der Waals surface area contributed by atoms with Crippen LogP contribution in [0, 0.1) is 0 Å². The second kappa shape index (κ2) is 6.41. The van der Waals surface area contributed by atoms with Crippen LogP contribution in [-0.4, -0.2) is 55.7 Å². The van der Waals surface area contributed by atoms with E-state index in [0.717, 1.165) is 32.1 Å². The van der Waals surface area contributed by atoms with E-state index >= 15 is 0 Å². The number of nitrogens with one attached hydrogen (secondary N) is 2. The highest BCUT2D eigenvalue weighted by molar-refractivity contribution is 7.91. The van der Waals surface area contributed by atoms with Gasteiger partial charge < -0.3 is 15.7 Å². The molecule has 1 saturated carbocycles. The number of amides is 1. The van der Waals surface area contributed by atoms with E-state index in [1.54, 1.807) is 0 Å². The van der Waals surface area contributed by atoms with Gasteiger partial charge in [-0.2, -0.15) is 0 Å². The van der Waals surface area contributed by atoms with Crippen LogP contribution in [-0.2, 0) is 14.6 Å². The van der Waals surface area contributed by atoms with Crippen LogP contribution in [0.2, 0.25) is 0 Å². The molecule has 1 saturated heterocycles. The maximum absolute atomic E-state index is 11.9.